The number of rotatable bonds is 8. The summed E-state index contributed by atoms with van der Waals surface area (Å²) >= 11 is 0. The lowest BCUT2D eigenvalue weighted by atomic mass is 10.0. The van der Waals surface area contributed by atoms with Crippen LogP contribution in [-0.2, 0) is 14.8 Å². The van der Waals surface area contributed by atoms with E-state index in [1.165, 1.54) is 24.1 Å². The van der Waals surface area contributed by atoms with Gasteiger partial charge in [-0.05, 0) is 24.5 Å². The Kier molecular flexibility index (Phi) is 7.18. The normalized spacial score (nSPS) is 13.3. The minimum Gasteiger partial charge on any atom is -0.345 e. The molecular formula is C16H27N3O3S. The van der Waals surface area contributed by atoms with E-state index in [-0.39, 0.29) is 23.4 Å². The smallest absolute Gasteiger partial charge is 0.243 e. The summed E-state index contributed by atoms with van der Waals surface area (Å²) in [5.41, 5.74) is 5.97. The maximum absolute atomic E-state index is 12.4. The number of carbonyl (C=O) groups excluding carboxylic acids is 1. The number of likely N-dealkylation sites (N-methyl/N-ethyl adjacent to an activating group) is 2. The molecule has 23 heavy (non-hydrogen) atoms. The number of nitrogens with zero attached hydrogens (tertiary/aromatic N) is 2. The first-order valence-corrected chi connectivity index (χ1v) is 9.11. The highest BCUT2D eigenvalue weighted by Crippen LogP contribution is 2.13. The molecule has 0 bridgehead atoms. The van der Waals surface area contributed by atoms with Gasteiger partial charge in [0.2, 0.25) is 15.9 Å². The van der Waals surface area contributed by atoms with Gasteiger partial charge in [-0.1, -0.05) is 32.0 Å². The molecule has 1 rings (SSSR count). The van der Waals surface area contributed by atoms with Crippen LogP contribution in [0.1, 0.15) is 20.3 Å². The molecule has 0 saturated heterocycles. The number of benzene rings is 1. The fourth-order valence-corrected chi connectivity index (χ4v) is 3.11. The Morgan fingerprint density at radius 2 is 1.74 bits per heavy atom. The Morgan fingerprint density at radius 1 is 1.17 bits per heavy atom. The van der Waals surface area contributed by atoms with Crippen molar-refractivity contribution in [2.45, 2.75) is 31.2 Å². The lowest BCUT2D eigenvalue weighted by Gasteiger charge is -2.24. The van der Waals surface area contributed by atoms with Crippen molar-refractivity contribution in [1.82, 2.24) is 9.21 Å². The van der Waals surface area contributed by atoms with Gasteiger partial charge in [-0.25, -0.2) is 8.42 Å². The summed E-state index contributed by atoms with van der Waals surface area (Å²) in [6, 6.07) is 8.11. The van der Waals surface area contributed by atoms with Gasteiger partial charge in [-0.15, -0.1) is 0 Å². The SMILES string of the molecule is CC(C)C(N)CCN(C)C(=O)CN(C)S(=O)(=O)c1ccccc1. The molecule has 130 valence electrons. The van der Waals surface area contributed by atoms with E-state index >= 15 is 0 Å². The van der Waals surface area contributed by atoms with Crippen LogP contribution in [0.4, 0.5) is 0 Å². The van der Waals surface area contributed by atoms with Crippen LogP contribution < -0.4 is 5.73 Å². The van der Waals surface area contributed by atoms with Gasteiger partial charge >= 0.3 is 0 Å². The van der Waals surface area contributed by atoms with Crippen molar-refractivity contribution in [3.8, 4) is 0 Å². The summed E-state index contributed by atoms with van der Waals surface area (Å²) < 4.78 is 25.8. The monoisotopic (exact) mass is 341 g/mol. The van der Waals surface area contributed by atoms with Crippen LogP contribution in [0.3, 0.4) is 0 Å². The van der Waals surface area contributed by atoms with Crippen LogP contribution in [0.5, 0.6) is 0 Å². The van der Waals surface area contributed by atoms with Crippen LogP contribution in [0, 0.1) is 5.92 Å². The molecule has 0 aliphatic carbocycles. The van der Waals surface area contributed by atoms with Crippen LogP contribution in [0.15, 0.2) is 35.2 Å². The van der Waals surface area contributed by atoms with Gasteiger partial charge in [0.25, 0.3) is 0 Å². The molecule has 1 unspecified atom stereocenters. The van der Waals surface area contributed by atoms with E-state index in [4.69, 9.17) is 5.73 Å². The second-order valence-corrected chi connectivity index (χ2v) is 8.13. The summed E-state index contributed by atoms with van der Waals surface area (Å²) in [5.74, 6) is 0.0996. The molecule has 1 aromatic rings. The van der Waals surface area contributed by atoms with Gasteiger partial charge in [-0.2, -0.15) is 4.31 Å². The van der Waals surface area contributed by atoms with Crippen molar-refractivity contribution >= 4 is 15.9 Å². The summed E-state index contributed by atoms with van der Waals surface area (Å²) in [6.07, 6.45) is 0.690. The Balaban J connectivity index is 2.62. The molecule has 7 heteroatoms. The van der Waals surface area contributed by atoms with Gasteiger partial charge in [-0.3, -0.25) is 4.79 Å². The average molecular weight is 341 g/mol. The highest BCUT2D eigenvalue weighted by Gasteiger charge is 2.24. The number of hydrogen-bond acceptors (Lipinski definition) is 4. The second-order valence-electron chi connectivity index (χ2n) is 6.09. The average Bonchev–Trinajstić information content (AvgIpc) is 2.52. The fraction of sp³-hybridized carbons (Fsp3) is 0.562. The first-order valence-electron chi connectivity index (χ1n) is 7.67. The number of sulfonamides is 1. The number of amides is 1. The quantitative estimate of drug-likeness (QED) is 0.768. The molecule has 0 aliphatic heterocycles. The molecule has 0 radical (unpaired) electrons. The first kappa shape index (κ1) is 19.6. The lowest BCUT2D eigenvalue weighted by molar-refractivity contribution is -0.130. The van der Waals surface area contributed by atoms with Crippen molar-refractivity contribution in [2.75, 3.05) is 27.2 Å². The molecule has 0 aliphatic rings. The molecule has 2 N–H and O–H groups in total. The molecule has 0 fully saturated rings. The van der Waals surface area contributed by atoms with Gasteiger partial charge in [0.05, 0.1) is 11.4 Å². The molecule has 0 aromatic heterocycles. The Labute approximate surface area is 139 Å². The zero-order valence-corrected chi connectivity index (χ0v) is 15.1. The molecule has 0 spiro atoms. The van der Waals surface area contributed by atoms with Gasteiger partial charge in [0.1, 0.15) is 0 Å². The number of nitrogens with two attached hydrogens (primary N) is 1. The largest absolute Gasteiger partial charge is 0.345 e. The molecule has 1 amide bonds. The number of carbonyl (C=O) groups is 1. The maximum Gasteiger partial charge on any atom is 0.243 e. The van der Waals surface area contributed by atoms with Crippen molar-refractivity contribution in [1.29, 1.82) is 0 Å². The lowest BCUT2D eigenvalue weighted by Crippen LogP contribution is -2.41. The highest BCUT2D eigenvalue weighted by molar-refractivity contribution is 7.89. The summed E-state index contributed by atoms with van der Waals surface area (Å²) in [4.78, 5) is 13.9. The third-order valence-electron chi connectivity index (χ3n) is 3.89. The van der Waals surface area contributed by atoms with Crippen molar-refractivity contribution in [3.63, 3.8) is 0 Å². The summed E-state index contributed by atoms with van der Waals surface area (Å²) in [5, 5.41) is 0. The van der Waals surface area contributed by atoms with E-state index in [1.807, 2.05) is 13.8 Å². The summed E-state index contributed by atoms with van der Waals surface area (Å²) in [7, 11) is -0.575. The van der Waals surface area contributed by atoms with E-state index in [0.29, 0.717) is 18.9 Å². The van der Waals surface area contributed by atoms with Crippen LogP contribution in [-0.4, -0.2) is 56.8 Å². The Hall–Kier alpha value is -1.44. The fourth-order valence-electron chi connectivity index (χ4n) is 1.97. The van der Waals surface area contributed by atoms with Gasteiger partial charge < -0.3 is 10.6 Å². The van der Waals surface area contributed by atoms with E-state index in [0.717, 1.165) is 4.31 Å². The molecule has 0 heterocycles. The summed E-state index contributed by atoms with van der Waals surface area (Å²) in [6.45, 7) is 4.39. The highest BCUT2D eigenvalue weighted by atomic mass is 32.2. The zero-order valence-electron chi connectivity index (χ0n) is 14.3. The number of hydrogen-bond donors (Lipinski definition) is 1. The maximum atomic E-state index is 12.4. The van der Waals surface area contributed by atoms with Gasteiger partial charge in [0.15, 0.2) is 0 Å². The third kappa shape index (κ3) is 5.60. The van der Waals surface area contributed by atoms with Crippen molar-refractivity contribution in [3.05, 3.63) is 30.3 Å². The van der Waals surface area contributed by atoms with Crippen LogP contribution in [0.25, 0.3) is 0 Å². The van der Waals surface area contributed by atoms with E-state index in [1.54, 1.807) is 25.2 Å². The molecule has 0 saturated carbocycles. The predicted molar refractivity (Wildman–Crippen MR) is 91.3 cm³/mol. The topological polar surface area (TPSA) is 83.7 Å². The second kappa shape index (κ2) is 8.42. The van der Waals surface area contributed by atoms with E-state index in [2.05, 4.69) is 0 Å². The zero-order chi connectivity index (χ0) is 17.6. The standard InChI is InChI=1S/C16H27N3O3S/c1-13(2)15(17)10-11-18(3)16(20)12-19(4)23(21,22)14-8-6-5-7-9-14/h5-9,13,15H,10-12,17H2,1-4H3. The van der Waals surface area contributed by atoms with E-state index < -0.39 is 10.0 Å². The van der Waals surface area contributed by atoms with Crippen LogP contribution in [0.2, 0.25) is 0 Å². The van der Waals surface area contributed by atoms with Gasteiger partial charge in [0, 0.05) is 26.7 Å². The molecule has 1 aromatic carbocycles. The minimum absolute atomic E-state index is 0.0241. The molecular weight excluding hydrogens is 314 g/mol. The third-order valence-corrected chi connectivity index (χ3v) is 5.71. The van der Waals surface area contributed by atoms with Crippen molar-refractivity contribution in [2.24, 2.45) is 11.7 Å². The minimum atomic E-state index is -3.65. The van der Waals surface area contributed by atoms with E-state index in [9.17, 15) is 13.2 Å². The molecule has 6 nitrogen and oxygen atoms in total. The molecule has 1 atom stereocenters. The Bertz CT molecular complexity index is 602. The Morgan fingerprint density at radius 3 is 2.26 bits per heavy atom. The van der Waals surface area contributed by atoms with Crippen molar-refractivity contribution < 1.29 is 13.2 Å². The first-order chi connectivity index (χ1) is 10.7. The predicted octanol–water partition coefficient (Wildman–Crippen LogP) is 1.14. The van der Waals surface area contributed by atoms with Crippen LogP contribution >= 0.6 is 0 Å².